The smallest absolute Gasteiger partial charge is 0.147 e. The number of phenolic OH excluding ortho intramolecular Hbond substituents is 1. The fraction of sp³-hybridized carbons (Fsp3) is 0.455. The summed E-state index contributed by atoms with van der Waals surface area (Å²) >= 11 is 0. The van der Waals surface area contributed by atoms with Gasteiger partial charge in [-0.2, -0.15) is 0 Å². The number of sulfone groups is 1. The van der Waals surface area contributed by atoms with Crippen LogP contribution in [0.1, 0.15) is 12.0 Å². The minimum absolute atomic E-state index is 0.113. The van der Waals surface area contributed by atoms with Crippen LogP contribution in [0.5, 0.6) is 5.75 Å². The van der Waals surface area contributed by atoms with E-state index in [4.69, 9.17) is 5.11 Å². The Balaban J connectivity index is 2.31. The molecular weight excluding hydrogens is 245 g/mol. The molecule has 0 aliphatic heterocycles. The van der Waals surface area contributed by atoms with Gasteiger partial charge in [-0.25, -0.2) is 12.8 Å². The lowest BCUT2D eigenvalue weighted by atomic mass is 10.2. The van der Waals surface area contributed by atoms with Crippen LogP contribution < -0.4 is 5.32 Å². The molecule has 0 spiro atoms. The lowest BCUT2D eigenvalue weighted by Crippen LogP contribution is -2.17. The van der Waals surface area contributed by atoms with Gasteiger partial charge in [0.1, 0.15) is 21.4 Å². The molecule has 1 aromatic carbocycles. The van der Waals surface area contributed by atoms with Crippen LogP contribution in [-0.2, 0) is 16.4 Å². The van der Waals surface area contributed by atoms with Crippen molar-refractivity contribution in [1.82, 2.24) is 5.32 Å². The van der Waals surface area contributed by atoms with Crippen LogP contribution in [0.4, 0.5) is 4.39 Å². The Hall–Kier alpha value is -1.14. The molecule has 0 saturated heterocycles. The van der Waals surface area contributed by atoms with Gasteiger partial charge in [0.2, 0.25) is 0 Å². The van der Waals surface area contributed by atoms with Crippen LogP contribution in [0, 0.1) is 5.82 Å². The summed E-state index contributed by atoms with van der Waals surface area (Å²) in [5.41, 5.74) is 0.627. The van der Waals surface area contributed by atoms with Crippen LogP contribution in [-0.4, -0.2) is 32.1 Å². The van der Waals surface area contributed by atoms with Gasteiger partial charge in [0, 0.05) is 18.9 Å². The van der Waals surface area contributed by atoms with Crippen LogP contribution in [0.3, 0.4) is 0 Å². The average Bonchev–Trinajstić information content (AvgIpc) is 2.13. The Morgan fingerprint density at radius 3 is 2.65 bits per heavy atom. The maximum Gasteiger partial charge on any atom is 0.147 e. The largest absolute Gasteiger partial charge is 0.508 e. The maximum atomic E-state index is 12.9. The molecule has 0 aliphatic carbocycles. The molecule has 0 fully saturated rings. The van der Waals surface area contributed by atoms with Gasteiger partial charge in [0.05, 0.1) is 5.75 Å². The van der Waals surface area contributed by atoms with Crippen molar-refractivity contribution in [1.29, 1.82) is 0 Å². The summed E-state index contributed by atoms with van der Waals surface area (Å²) < 4.78 is 34.6. The van der Waals surface area contributed by atoms with E-state index >= 15 is 0 Å². The molecule has 0 heterocycles. The zero-order valence-corrected chi connectivity index (χ0v) is 10.4. The van der Waals surface area contributed by atoms with Crippen molar-refractivity contribution in [2.75, 3.05) is 18.6 Å². The molecule has 4 nitrogen and oxygen atoms in total. The van der Waals surface area contributed by atoms with E-state index < -0.39 is 15.7 Å². The second-order valence-corrected chi connectivity index (χ2v) is 6.24. The molecule has 17 heavy (non-hydrogen) atoms. The summed E-state index contributed by atoms with van der Waals surface area (Å²) in [6.07, 6.45) is 1.71. The molecule has 1 aromatic rings. The third-order valence-corrected chi connectivity index (χ3v) is 3.17. The number of rotatable bonds is 6. The van der Waals surface area contributed by atoms with Crippen molar-refractivity contribution in [2.24, 2.45) is 0 Å². The molecule has 2 N–H and O–H groups in total. The second kappa shape index (κ2) is 5.97. The maximum absolute atomic E-state index is 12.9. The normalized spacial score (nSPS) is 11.6. The molecule has 0 amide bonds. The zero-order chi connectivity index (χ0) is 12.9. The SMILES string of the molecule is CS(=O)(=O)CCCNCc1cc(O)cc(F)c1. The summed E-state index contributed by atoms with van der Waals surface area (Å²) in [4.78, 5) is 0. The third-order valence-electron chi connectivity index (χ3n) is 2.14. The van der Waals surface area contributed by atoms with Gasteiger partial charge in [-0.1, -0.05) is 0 Å². The average molecular weight is 261 g/mol. The van der Waals surface area contributed by atoms with Crippen molar-refractivity contribution < 1.29 is 17.9 Å². The third kappa shape index (κ3) is 6.23. The first-order valence-corrected chi connectivity index (χ1v) is 7.30. The van der Waals surface area contributed by atoms with E-state index in [1.807, 2.05) is 0 Å². The van der Waals surface area contributed by atoms with Gasteiger partial charge in [0.15, 0.2) is 0 Å². The molecule has 0 atom stereocenters. The number of phenols is 1. The van der Waals surface area contributed by atoms with E-state index in [2.05, 4.69) is 5.32 Å². The topological polar surface area (TPSA) is 66.4 Å². The van der Waals surface area contributed by atoms with E-state index in [0.29, 0.717) is 25.1 Å². The highest BCUT2D eigenvalue weighted by atomic mass is 32.2. The van der Waals surface area contributed by atoms with E-state index in [1.165, 1.54) is 18.4 Å². The van der Waals surface area contributed by atoms with Crippen molar-refractivity contribution in [2.45, 2.75) is 13.0 Å². The van der Waals surface area contributed by atoms with Crippen LogP contribution in [0.25, 0.3) is 0 Å². The van der Waals surface area contributed by atoms with Gasteiger partial charge in [-0.3, -0.25) is 0 Å². The fourth-order valence-corrected chi connectivity index (χ4v) is 2.10. The Bertz CT molecular complexity index is 453. The number of halogens is 1. The summed E-state index contributed by atoms with van der Waals surface area (Å²) in [7, 11) is -2.92. The second-order valence-electron chi connectivity index (χ2n) is 3.98. The van der Waals surface area contributed by atoms with E-state index in [-0.39, 0.29) is 11.5 Å². The summed E-state index contributed by atoms with van der Waals surface area (Å²) in [5, 5.41) is 12.1. The lowest BCUT2D eigenvalue weighted by molar-refractivity contribution is 0.467. The summed E-state index contributed by atoms with van der Waals surface area (Å²) in [6, 6.07) is 3.82. The fourth-order valence-electron chi connectivity index (χ4n) is 1.43. The molecule has 1 rings (SSSR count). The van der Waals surface area contributed by atoms with Gasteiger partial charge in [-0.15, -0.1) is 0 Å². The monoisotopic (exact) mass is 261 g/mol. The molecule has 0 aromatic heterocycles. The molecule has 0 unspecified atom stereocenters. The van der Waals surface area contributed by atoms with Crippen LogP contribution in [0.2, 0.25) is 0 Å². The first-order chi connectivity index (χ1) is 7.87. The van der Waals surface area contributed by atoms with E-state index in [0.717, 1.165) is 6.07 Å². The van der Waals surface area contributed by atoms with Crippen molar-refractivity contribution >= 4 is 9.84 Å². The Kier molecular flexibility index (Phi) is 4.89. The molecular formula is C11H16FNO3S. The standard InChI is InChI=1S/C11H16FNO3S/c1-17(15,16)4-2-3-13-8-9-5-10(12)7-11(14)6-9/h5-7,13-14H,2-4,8H2,1H3. The van der Waals surface area contributed by atoms with Crippen molar-refractivity contribution in [3.8, 4) is 5.75 Å². The van der Waals surface area contributed by atoms with Gasteiger partial charge < -0.3 is 10.4 Å². The number of hydrogen-bond donors (Lipinski definition) is 2. The first-order valence-electron chi connectivity index (χ1n) is 5.24. The molecule has 96 valence electrons. The zero-order valence-electron chi connectivity index (χ0n) is 9.61. The number of nitrogens with one attached hydrogen (secondary N) is 1. The number of aromatic hydroxyl groups is 1. The first kappa shape index (κ1) is 13.9. The minimum atomic E-state index is -2.92. The number of benzene rings is 1. The summed E-state index contributed by atoms with van der Waals surface area (Å²) in [5.74, 6) is -0.468. The molecule has 6 heteroatoms. The minimum Gasteiger partial charge on any atom is -0.508 e. The molecule has 0 bridgehead atoms. The highest BCUT2D eigenvalue weighted by molar-refractivity contribution is 7.90. The Morgan fingerprint density at radius 1 is 1.35 bits per heavy atom. The van der Waals surface area contributed by atoms with Crippen molar-refractivity contribution in [3.63, 3.8) is 0 Å². The van der Waals surface area contributed by atoms with E-state index in [9.17, 15) is 12.8 Å². The van der Waals surface area contributed by atoms with Crippen LogP contribution >= 0.6 is 0 Å². The molecule has 0 aliphatic rings. The Morgan fingerprint density at radius 2 is 2.06 bits per heavy atom. The van der Waals surface area contributed by atoms with Crippen molar-refractivity contribution in [3.05, 3.63) is 29.6 Å². The molecule has 0 saturated carbocycles. The molecule has 0 radical (unpaired) electrons. The number of hydrogen-bond acceptors (Lipinski definition) is 4. The van der Waals surface area contributed by atoms with Gasteiger partial charge in [0.25, 0.3) is 0 Å². The van der Waals surface area contributed by atoms with Crippen LogP contribution in [0.15, 0.2) is 18.2 Å². The predicted octanol–water partition coefficient (Wildman–Crippen LogP) is 1.06. The summed E-state index contributed by atoms with van der Waals surface area (Å²) in [6.45, 7) is 0.930. The highest BCUT2D eigenvalue weighted by Crippen LogP contribution is 2.14. The lowest BCUT2D eigenvalue weighted by Gasteiger charge is -2.05. The quantitative estimate of drug-likeness (QED) is 0.751. The predicted molar refractivity (Wildman–Crippen MR) is 64.1 cm³/mol. The van der Waals surface area contributed by atoms with Gasteiger partial charge in [-0.05, 0) is 30.7 Å². The Labute approximate surface area is 100 Å². The van der Waals surface area contributed by atoms with Gasteiger partial charge >= 0.3 is 0 Å². The highest BCUT2D eigenvalue weighted by Gasteiger charge is 2.02. The van der Waals surface area contributed by atoms with E-state index in [1.54, 1.807) is 0 Å².